The molecule has 0 bridgehead atoms. The van der Waals surface area contributed by atoms with Crippen molar-refractivity contribution in [2.75, 3.05) is 6.73 Å². The van der Waals surface area contributed by atoms with Gasteiger partial charge in [-0.1, -0.05) is 26.8 Å². The topological polar surface area (TPSA) is 38.3 Å². The van der Waals surface area contributed by atoms with E-state index in [1.807, 2.05) is 6.07 Å². The van der Waals surface area contributed by atoms with Crippen molar-refractivity contribution in [3.8, 4) is 17.1 Å². The average Bonchev–Trinajstić information content (AvgIpc) is 2.58. The van der Waals surface area contributed by atoms with Gasteiger partial charge < -0.3 is 4.74 Å². The van der Waals surface area contributed by atoms with Gasteiger partial charge in [-0.3, -0.25) is 4.90 Å². The first kappa shape index (κ1) is 20.6. The van der Waals surface area contributed by atoms with Crippen LogP contribution in [0.3, 0.4) is 0 Å². The van der Waals surface area contributed by atoms with Crippen LogP contribution in [0.25, 0.3) is 11.4 Å². The summed E-state index contributed by atoms with van der Waals surface area (Å²) in [6.45, 7) is 13.7. The molecule has 0 N–H and O–H groups in total. The van der Waals surface area contributed by atoms with Gasteiger partial charge in [-0.25, -0.2) is 9.97 Å². The molecule has 4 nitrogen and oxygen atoms in total. The van der Waals surface area contributed by atoms with Gasteiger partial charge in [0.1, 0.15) is 12.5 Å². The van der Waals surface area contributed by atoms with E-state index in [0.717, 1.165) is 23.5 Å². The maximum atomic E-state index is 12.9. The van der Waals surface area contributed by atoms with E-state index in [0.29, 0.717) is 24.6 Å². The summed E-state index contributed by atoms with van der Waals surface area (Å²) in [4.78, 5) is 10.2. The lowest BCUT2D eigenvalue weighted by Gasteiger charge is -2.39. The molecule has 0 unspecified atom stereocenters. The summed E-state index contributed by atoms with van der Waals surface area (Å²) in [6, 6.07) is 4.04. The van der Waals surface area contributed by atoms with Gasteiger partial charge in [0.2, 0.25) is 0 Å². The Bertz CT molecular complexity index is 863. The largest absolute Gasteiger partial charge is 0.477 e. The van der Waals surface area contributed by atoms with Gasteiger partial charge >= 0.3 is 6.18 Å². The summed E-state index contributed by atoms with van der Waals surface area (Å²) in [5, 5.41) is 0. The Hall–Kier alpha value is -2.15. The number of ether oxygens (including phenoxy) is 1. The third-order valence-electron chi connectivity index (χ3n) is 4.93. The van der Waals surface area contributed by atoms with E-state index in [1.54, 1.807) is 0 Å². The predicted octanol–water partition coefficient (Wildman–Crippen LogP) is 5.41. The molecule has 0 saturated carbocycles. The van der Waals surface area contributed by atoms with Crippen molar-refractivity contribution >= 4 is 0 Å². The molecular weight excluding hydrogens is 367 g/mol. The lowest BCUT2D eigenvalue weighted by Crippen LogP contribution is -2.45. The zero-order chi connectivity index (χ0) is 20.9. The molecule has 1 aliphatic rings. The van der Waals surface area contributed by atoms with Crippen molar-refractivity contribution in [1.29, 1.82) is 0 Å². The quantitative estimate of drug-likeness (QED) is 0.649. The summed E-state index contributed by atoms with van der Waals surface area (Å²) in [5.41, 5.74) is 1.61. The van der Waals surface area contributed by atoms with Crippen LogP contribution in [0, 0.1) is 0 Å². The first-order valence-electron chi connectivity index (χ1n) is 9.22. The summed E-state index contributed by atoms with van der Waals surface area (Å²) in [7, 11) is 0. The minimum absolute atomic E-state index is 0.0690. The van der Waals surface area contributed by atoms with Crippen LogP contribution in [0.5, 0.6) is 5.75 Å². The van der Waals surface area contributed by atoms with Gasteiger partial charge in [-0.05, 0) is 37.8 Å². The van der Waals surface area contributed by atoms with E-state index in [9.17, 15) is 13.2 Å². The molecule has 2 aromatic rings. The Balaban J connectivity index is 2.11. The number of benzene rings is 1. The second kappa shape index (κ2) is 6.72. The average molecular weight is 393 g/mol. The fourth-order valence-electron chi connectivity index (χ4n) is 3.01. The number of hydrogen-bond acceptors (Lipinski definition) is 4. The summed E-state index contributed by atoms with van der Waals surface area (Å²) >= 11 is 0. The molecule has 1 aliphatic heterocycles. The normalized spacial score (nSPS) is 15.9. The van der Waals surface area contributed by atoms with E-state index in [2.05, 4.69) is 62.5 Å². The number of fused-ring (bicyclic) bond motifs is 1. The number of aromatic nitrogens is 2. The van der Waals surface area contributed by atoms with Crippen LogP contribution in [0.4, 0.5) is 13.2 Å². The molecule has 28 heavy (non-hydrogen) atoms. The van der Waals surface area contributed by atoms with E-state index < -0.39 is 11.7 Å². The maximum absolute atomic E-state index is 12.9. The van der Waals surface area contributed by atoms with E-state index in [1.165, 1.54) is 0 Å². The van der Waals surface area contributed by atoms with E-state index >= 15 is 0 Å². The van der Waals surface area contributed by atoms with E-state index in [4.69, 9.17) is 4.74 Å². The highest BCUT2D eigenvalue weighted by Gasteiger charge is 2.33. The molecule has 0 fully saturated rings. The number of nitrogens with zero attached hydrogens (tertiary/aromatic N) is 3. The van der Waals surface area contributed by atoms with Crippen molar-refractivity contribution in [2.45, 2.75) is 65.2 Å². The zero-order valence-corrected chi connectivity index (χ0v) is 17.1. The Morgan fingerprint density at radius 2 is 1.54 bits per heavy atom. The lowest BCUT2D eigenvalue weighted by molar-refractivity contribution is -0.138. The van der Waals surface area contributed by atoms with Crippen LogP contribution in [-0.2, 0) is 18.1 Å². The van der Waals surface area contributed by atoms with Gasteiger partial charge in [0, 0.05) is 30.0 Å². The van der Waals surface area contributed by atoms with Gasteiger partial charge in [0.25, 0.3) is 0 Å². The van der Waals surface area contributed by atoms with Crippen molar-refractivity contribution in [1.82, 2.24) is 14.9 Å². The summed E-state index contributed by atoms with van der Waals surface area (Å²) in [5.74, 6) is 0.882. The molecule has 0 amide bonds. The number of alkyl halides is 3. The molecular formula is C21H26F3N3O. The predicted molar refractivity (Wildman–Crippen MR) is 102 cm³/mol. The molecule has 1 aromatic carbocycles. The molecule has 0 atom stereocenters. The van der Waals surface area contributed by atoms with Crippen molar-refractivity contribution < 1.29 is 17.9 Å². The minimum atomic E-state index is -4.46. The molecule has 0 aliphatic carbocycles. The van der Waals surface area contributed by atoms with E-state index in [-0.39, 0.29) is 16.8 Å². The van der Waals surface area contributed by atoms with Crippen LogP contribution in [0.2, 0.25) is 0 Å². The second-order valence-electron chi connectivity index (χ2n) is 9.20. The third-order valence-corrected chi connectivity index (χ3v) is 4.93. The molecule has 7 heteroatoms. The van der Waals surface area contributed by atoms with Gasteiger partial charge in [-0.2, -0.15) is 13.2 Å². The van der Waals surface area contributed by atoms with Crippen LogP contribution in [0.1, 0.15) is 58.2 Å². The number of halogens is 3. The Morgan fingerprint density at radius 1 is 0.929 bits per heavy atom. The highest BCUT2D eigenvalue weighted by atomic mass is 19.4. The Kier molecular flexibility index (Phi) is 4.94. The number of rotatable bonds is 1. The lowest BCUT2D eigenvalue weighted by atomic mass is 9.84. The van der Waals surface area contributed by atoms with Gasteiger partial charge in [0.05, 0.1) is 11.1 Å². The van der Waals surface area contributed by atoms with Gasteiger partial charge in [-0.15, -0.1) is 0 Å². The summed E-state index contributed by atoms with van der Waals surface area (Å²) in [6.07, 6.45) is -2.82. The SMILES string of the molecule is CC(C)(C)c1cc2c(c(-c3ncc(C(F)(F)F)cn3)c1)OCN(C(C)(C)C)C2. The molecule has 0 radical (unpaired) electrons. The monoisotopic (exact) mass is 393 g/mol. The smallest absolute Gasteiger partial charge is 0.419 e. The molecule has 3 rings (SSSR count). The highest BCUT2D eigenvalue weighted by molar-refractivity contribution is 5.68. The van der Waals surface area contributed by atoms with Crippen molar-refractivity contribution in [3.63, 3.8) is 0 Å². The Labute approximate surface area is 163 Å². The first-order valence-corrected chi connectivity index (χ1v) is 9.22. The zero-order valence-electron chi connectivity index (χ0n) is 17.1. The molecule has 2 heterocycles. The fraction of sp³-hybridized carbons (Fsp3) is 0.524. The standard InChI is InChI=1S/C21H26F3N3O/c1-19(2,3)14-7-13-11-27(20(4,5)6)12-28-17(13)16(8-14)18-25-9-15(10-26-18)21(22,23)24/h7-10H,11-12H2,1-6H3. The van der Waals surface area contributed by atoms with Crippen LogP contribution >= 0.6 is 0 Å². The first-order chi connectivity index (χ1) is 12.8. The molecule has 0 saturated heterocycles. The highest BCUT2D eigenvalue weighted by Crippen LogP contribution is 2.40. The fourth-order valence-corrected chi connectivity index (χ4v) is 3.01. The molecule has 1 aromatic heterocycles. The third kappa shape index (κ3) is 4.14. The second-order valence-corrected chi connectivity index (χ2v) is 9.20. The molecule has 0 spiro atoms. The van der Waals surface area contributed by atoms with Crippen molar-refractivity contribution in [3.05, 3.63) is 41.2 Å². The van der Waals surface area contributed by atoms with Crippen LogP contribution < -0.4 is 4.74 Å². The number of hydrogen-bond donors (Lipinski definition) is 0. The molecule has 152 valence electrons. The maximum Gasteiger partial charge on any atom is 0.419 e. The Morgan fingerprint density at radius 3 is 2.04 bits per heavy atom. The van der Waals surface area contributed by atoms with Crippen LogP contribution in [0.15, 0.2) is 24.5 Å². The summed E-state index contributed by atoms with van der Waals surface area (Å²) < 4.78 is 44.6. The van der Waals surface area contributed by atoms with Crippen LogP contribution in [-0.4, -0.2) is 27.1 Å². The van der Waals surface area contributed by atoms with Gasteiger partial charge in [0.15, 0.2) is 5.82 Å². The minimum Gasteiger partial charge on any atom is -0.477 e. The van der Waals surface area contributed by atoms with Crippen molar-refractivity contribution in [2.24, 2.45) is 0 Å².